The second-order valence-electron chi connectivity index (χ2n) is 22.2. The van der Waals surface area contributed by atoms with E-state index in [1.165, 1.54) is 56.6 Å². The number of carbonyl (C=O) groups excluding carboxylic acids is 10. The average molecular weight is 1080 g/mol. The first-order valence-electron chi connectivity index (χ1n) is 27.8. The topological polar surface area (TPSA) is 255 Å². The molecule has 9 amide bonds. The van der Waals surface area contributed by atoms with E-state index in [-0.39, 0.29) is 44.6 Å². The highest BCUT2D eigenvalue weighted by atomic mass is 16.3. The van der Waals surface area contributed by atoms with E-state index < -0.39 is 132 Å². The van der Waals surface area contributed by atoms with Crippen LogP contribution in [0.25, 0.3) is 0 Å². The van der Waals surface area contributed by atoms with Crippen LogP contribution in [0.15, 0.2) is 60.7 Å². The average Bonchev–Trinajstić information content (AvgIpc) is 3.94. The molecule has 78 heavy (non-hydrogen) atoms. The Balaban J connectivity index is 1.60. The number of carbonyl (C=O) groups is 10. The third kappa shape index (κ3) is 16.2. The number of nitrogens with zero attached hydrogens (tertiary/aromatic N) is 5. The minimum absolute atomic E-state index is 0.0454. The van der Waals surface area contributed by atoms with E-state index in [2.05, 4.69) is 21.3 Å². The van der Waals surface area contributed by atoms with E-state index in [1.807, 2.05) is 20.8 Å². The molecule has 0 bridgehead atoms. The van der Waals surface area contributed by atoms with E-state index in [0.717, 1.165) is 24.2 Å². The Morgan fingerprint density at radius 2 is 1.13 bits per heavy atom. The Labute approximate surface area is 460 Å². The Morgan fingerprint density at radius 1 is 0.603 bits per heavy atom. The van der Waals surface area contributed by atoms with Crippen molar-refractivity contribution in [2.45, 2.75) is 174 Å². The van der Waals surface area contributed by atoms with Gasteiger partial charge in [-0.3, -0.25) is 47.9 Å². The number of hydrogen-bond acceptors (Lipinski definition) is 11. The molecular weight excluding hydrogens is 999 g/mol. The molecule has 5 N–H and O–H groups in total. The third-order valence-corrected chi connectivity index (χ3v) is 15.7. The normalized spacial score (nSPS) is 27.6. The zero-order valence-electron chi connectivity index (χ0n) is 47.4. The van der Waals surface area contributed by atoms with Crippen LogP contribution >= 0.6 is 0 Å². The lowest BCUT2D eigenvalue weighted by Gasteiger charge is -2.37. The summed E-state index contributed by atoms with van der Waals surface area (Å²) in [6.45, 7) is 12.7. The smallest absolute Gasteiger partial charge is 0.248 e. The number of likely N-dealkylation sites (N-methyl/N-ethyl adjacent to an activating group) is 3. The van der Waals surface area contributed by atoms with Crippen molar-refractivity contribution in [3.63, 3.8) is 0 Å². The summed E-state index contributed by atoms with van der Waals surface area (Å²) >= 11 is 0. The standard InChI is InChI=1S/C58H85N9O11/c1-11-36(4)48-57(77)63(8)38(6)54(74)64(9)47(33-41-24-17-13-18-25-41)53(73)62-49(39(7)68)58(78)65(10)46(32-40-22-15-12-16-23-40)52(72)59-43(30-35(2)3)56(76)67-29-21-26-45(67)51(71)60-44(55(75)66-27-19-14-20-28-66)34-42(69)31-37(5)50(70)61-48/h12-13,15-18,22-25,35-39,43-49,68H,11,14,19-21,26-34H2,1-10H3,(H,59,72)(H,60,71)(H,61,70)(H,62,73)/t36-,37+,38-,39+,43?,44-,45-,46-,47-,48-,49-/m0/s1. The predicted octanol–water partition coefficient (Wildman–Crippen LogP) is 2.39. The highest BCUT2D eigenvalue weighted by Gasteiger charge is 2.44. The Kier molecular flexibility index (Phi) is 22.9. The van der Waals surface area contributed by atoms with Crippen molar-refractivity contribution in [2.75, 3.05) is 40.8 Å². The van der Waals surface area contributed by atoms with E-state index in [9.17, 15) is 53.1 Å². The summed E-state index contributed by atoms with van der Waals surface area (Å²) in [4.78, 5) is 152. The first kappa shape index (κ1) is 62.1. The van der Waals surface area contributed by atoms with E-state index in [0.29, 0.717) is 37.1 Å². The molecule has 3 aliphatic heterocycles. The number of Topliss-reactive ketones (excluding diaryl/α,β-unsaturated/α-hetero) is 1. The van der Waals surface area contributed by atoms with E-state index >= 15 is 0 Å². The lowest BCUT2D eigenvalue weighted by atomic mass is 9.94. The monoisotopic (exact) mass is 1080 g/mol. The number of aliphatic hydroxyl groups is 1. The Hall–Kier alpha value is -6.70. The minimum atomic E-state index is -1.65. The summed E-state index contributed by atoms with van der Waals surface area (Å²) in [5.74, 6) is -8.02. The maximum Gasteiger partial charge on any atom is 0.248 e. The summed E-state index contributed by atoms with van der Waals surface area (Å²) in [5.41, 5.74) is 1.31. The first-order valence-corrected chi connectivity index (χ1v) is 27.8. The lowest BCUT2D eigenvalue weighted by Crippen LogP contribution is -2.62. The van der Waals surface area contributed by atoms with Gasteiger partial charge in [0.25, 0.3) is 0 Å². The van der Waals surface area contributed by atoms with Gasteiger partial charge in [-0.2, -0.15) is 0 Å². The van der Waals surface area contributed by atoms with Gasteiger partial charge in [-0.15, -0.1) is 0 Å². The summed E-state index contributed by atoms with van der Waals surface area (Å²) < 4.78 is 0. The van der Waals surface area contributed by atoms with Crippen molar-refractivity contribution in [1.29, 1.82) is 0 Å². The molecule has 1 unspecified atom stereocenters. The SMILES string of the molecule is CC[C@H](C)[C@@H]1NC(=O)[C@H](C)CC(=O)C[C@@H](C(=O)N2CCCCC2)NC(=O)[C@@H]2CCCN2C(=O)C(CC(C)C)NC(=O)[C@H](Cc2ccccc2)N(C)C(=O)[C@H]([C@@H](C)O)NC(=O)[C@H](Cc2ccccc2)N(C)C(=O)[C@H](C)N(C)C1=O. The maximum absolute atomic E-state index is 14.9. The molecule has 0 radical (unpaired) electrons. The Morgan fingerprint density at radius 3 is 1.67 bits per heavy atom. The van der Waals surface area contributed by atoms with Crippen LogP contribution in [0.3, 0.4) is 0 Å². The van der Waals surface area contributed by atoms with Gasteiger partial charge in [-0.05, 0) is 75.3 Å². The number of fused-ring (bicyclic) bond motifs is 1. The number of likely N-dealkylation sites (tertiary alicyclic amines) is 1. The molecule has 2 aromatic carbocycles. The molecule has 3 heterocycles. The highest BCUT2D eigenvalue weighted by molar-refractivity contribution is 6.00. The molecule has 11 atom stereocenters. The molecule has 428 valence electrons. The number of nitrogens with one attached hydrogen (secondary N) is 4. The largest absolute Gasteiger partial charge is 0.391 e. The van der Waals surface area contributed by atoms with Crippen LogP contribution in [0.1, 0.15) is 117 Å². The number of hydrogen-bond donors (Lipinski definition) is 5. The van der Waals surface area contributed by atoms with E-state index in [1.54, 1.807) is 72.5 Å². The first-order chi connectivity index (χ1) is 36.9. The van der Waals surface area contributed by atoms with Crippen molar-refractivity contribution in [3.05, 3.63) is 71.8 Å². The molecule has 2 aromatic rings. The molecule has 0 saturated carbocycles. The molecule has 5 rings (SSSR count). The molecular formula is C58H85N9O11. The predicted molar refractivity (Wildman–Crippen MR) is 293 cm³/mol. The number of benzene rings is 2. The molecule has 3 saturated heterocycles. The second-order valence-corrected chi connectivity index (χ2v) is 22.2. The van der Waals surface area contributed by atoms with Crippen LogP contribution in [-0.4, -0.2) is 184 Å². The molecule has 0 aromatic heterocycles. The van der Waals surface area contributed by atoms with Gasteiger partial charge in [0.2, 0.25) is 53.2 Å². The minimum Gasteiger partial charge on any atom is -0.391 e. The number of rotatable bonds is 10. The maximum atomic E-state index is 14.9. The lowest BCUT2D eigenvalue weighted by molar-refractivity contribution is -0.150. The van der Waals surface area contributed by atoms with Crippen molar-refractivity contribution < 1.29 is 53.1 Å². The summed E-state index contributed by atoms with van der Waals surface area (Å²) in [6, 6.07) is 7.53. The number of ketones is 1. The van der Waals surface area contributed by atoms with Gasteiger partial charge in [0.1, 0.15) is 54.1 Å². The number of amides is 9. The Bertz CT molecular complexity index is 2430. The van der Waals surface area contributed by atoms with Gasteiger partial charge < -0.3 is 50.9 Å². The van der Waals surface area contributed by atoms with E-state index in [4.69, 9.17) is 0 Å². The van der Waals surface area contributed by atoms with Gasteiger partial charge >= 0.3 is 0 Å². The zero-order valence-corrected chi connectivity index (χ0v) is 47.4. The number of aliphatic hydroxyl groups excluding tert-OH is 1. The highest BCUT2D eigenvalue weighted by Crippen LogP contribution is 2.24. The summed E-state index contributed by atoms with van der Waals surface area (Å²) in [6.07, 6.45) is 1.24. The summed E-state index contributed by atoms with van der Waals surface area (Å²) in [5, 5.41) is 22.5. The van der Waals surface area contributed by atoms with Crippen LogP contribution in [-0.2, 0) is 60.8 Å². The third-order valence-electron chi connectivity index (χ3n) is 15.7. The quantitative estimate of drug-likeness (QED) is 0.231. The molecule has 3 aliphatic rings. The molecule has 3 fully saturated rings. The van der Waals surface area contributed by atoms with Crippen LogP contribution in [0, 0.1) is 17.8 Å². The van der Waals surface area contributed by atoms with Crippen LogP contribution in [0.4, 0.5) is 0 Å². The van der Waals surface area contributed by atoms with Gasteiger partial charge in [-0.25, -0.2) is 0 Å². The molecule has 0 spiro atoms. The van der Waals surface area contributed by atoms with Crippen molar-refractivity contribution in [1.82, 2.24) is 45.8 Å². The second kappa shape index (κ2) is 28.8. The van der Waals surface area contributed by atoms with Crippen molar-refractivity contribution >= 4 is 58.9 Å². The van der Waals surface area contributed by atoms with Crippen molar-refractivity contribution in [3.8, 4) is 0 Å². The van der Waals surface area contributed by atoms with Gasteiger partial charge in [0.05, 0.1) is 6.10 Å². The fourth-order valence-electron chi connectivity index (χ4n) is 10.5. The number of piperidine rings is 1. The van der Waals surface area contributed by atoms with Crippen molar-refractivity contribution in [2.24, 2.45) is 17.8 Å². The van der Waals surface area contributed by atoms with Gasteiger partial charge in [-0.1, -0.05) is 102 Å². The molecule has 0 aliphatic carbocycles. The van der Waals surface area contributed by atoms with Crippen LogP contribution in [0.2, 0.25) is 0 Å². The van der Waals surface area contributed by atoms with Gasteiger partial charge in [0.15, 0.2) is 0 Å². The molecule has 20 nitrogen and oxygen atoms in total. The van der Waals surface area contributed by atoms with Crippen LogP contribution < -0.4 is 21.3 Å². The zero-order chi connectivity index (χ0) is 57.5. The summed E-state index contributed by atoms with van der Waals surface area (Å²) in [7, 11) is 4.18. The fourth-order valence-corrected chi connectivity index (χ4v) is 10.5. The van der Waals surface area contributed by atoms with Crippen LogP contribution in [0.5, 0.6) is 0 Å². The fraction of sp³-hybridized carbons (Fsp3) is 0.621. The molecule has 20 heteroatoms. The van der Waals surface area contributed by atoms with Gasteiger partial charge in [0, 0.05) is 72.4 Å².